The SMILES string of the molecule is CCC(C)(C(NC)C1CCC(C)C(C)C1)N1CCCC1. The molecule has 0 aromatic rings. The number of likely N-dealkylation sites (tertiary alicyclic amines) is 1. The summed E-state index contributed by atoms with van der Waals surface area (Å²) in [6.45, 7) is 12.4. The highest BCUT2D eigenvalue weighted by molar-refractivity contribution is 5.01. The lowest BCUT2D eigenvalue weighted by atomic mass is 9.68. The molecule has 0 bridgehead atoms. The maximum Gasteiger partial charge on any atom is 0.0334 e. The molecule has 5 atom stereocenters. The third-order valence-electron chi connectivity index (χ3n) is 6.64. The molecule has 20 heavy (non-hydrogen) atoms. The summed E-state index contributed by atoms with van der Waals surface area (Å²) in [4.78, 5) is 2.77. The molecule has 5 unspecified atom stereocenters. The Labute approximate surface area is 126 Å². The van der Waals surface area contributed by atoms with E-state index in [2.05, 4.69) is 45.0 Å². The topological polar surface area (TPSA) is 15.3 Å². The van der Waals surface area contributed by atoms with Crippen LogP contribution in [0, 0.1) is 17.8 Å². The van der Waals surface area contributed by atoms with E-state index in [0.29, 0.717) is 11.6 Å². The van der Waals surface area contributed by atoms with Gasteiger partial charge in [0.15, 0.2) is 0 Å². The van der Waals surface area contributed by atoms with Gasteiger partial charge in [0.2, 0.25) is 0 Å². The Hall–Kier alpha value is -0.0800. The molecular formula is C18H36N2. The summed E-state index contributed by atoms with van der Waals surface area (Å²) in [5, 5.41) is 3.73. The molecule has 0 amide bonds. The van der Waals surface area contributed by atoms with Crippen molar-refractivity contribution in [3.05, 3.63) is 0 Å². The molecule has 118 valence electrons. The molecule has 1 aliphatic heterocycles. The van der Waals surface area contributed by atoms with Crippen molar-refractivity contribution in [2.24, 2.45) is 17.8 Å². The second-order valence-corrected chi connectivity index (χ2v) is 7.70. The number of nitrogens with zero attached hydrogens (tertiary/aromatic N) is 1. The second kappa shape index (κ2) is 6.79. The van der Waals surface area contributed by atoms with Gasteiger partial charge in [-0.2, -0.15) is 0 Å². The van der Waals surface area contributed by atoms with Crippen LogP contribution in [0.5, 0.6) is 0 Å². The van der Waals surface area contributed by atoms with Crippen LogP contribution in [-0.4, -0.2) is 36.6 Å². The molecule has 1 saturated heterocycles. The van der Waals surface area contributed by atoms with Gasteiger partial charge in [0.05, 0.1) is 0 Å². The van der Waals surface area contributed by atoms with E-state index in [4.69, 9.17) is 0 Å². The second-order valence-electron chi connectivity index (χ2n) is 7.70. The van der Waals surface area contributed by atoms with E-state index < -0.39 is 0 Å². The van der Waals surface area contributed by atoms with Crippen molar-refractivity contribution in [1.29, 1.82) is 0 Å². The zero-order valence-corrected chi connectivity index (χ0v) is 14.4. The molecule has 2 rings (SSSR count). The number of rotatable bonds is 5. The third kappa shape index (κ3) is 3.06. The fourth-order valence-corrected chi connectivity index (χ4v) is 4.81. The van der Waals surface area contributed by atoms with Crippen molar-refractivity contribution in [3.8, 4) is 0 Å². The van der Waals surface area contributed by atoms with Crippen molar-refractivity contribution in [1.82, 2.24) is 10.2 Å². The van der Waals surface area contributed by atoms with Gasteiger partial charge in [0, 0.05) is 11.6 Å². The van der Waals surface area contributed by atoms with Gasteiger partial charge in [0.1, 0.15) is 0 Å². The monoisotopic (exact) mass is 280 g/mol. The van der Waals surface area contributed by atoms with Crippen molar-refractivity contribution in [2.45, 2.75) is 77.8 Å². The van der Waals surface area contributed by atoms with Crippen molar-refractivity contribution < 1.29 is 0 Å². The molecule has 2 nitrogen and oxygen atoms in total. The van der Waals surface area contributed by atoms with Crippen LogP contribution in [0.1, 0.15) is 66.2 Å². The smallest absolute Gasteiger partial charge is 0.0334 e. The van der Waals surface area contributed by atoms with Crippen molar-refractivity contribution in [2.75, 3.05) is 20.1 Å². The molecule has 0 aromatic heterocycles. The first-order chi connectivity index (χ1) is 9.52. The molecule has 1 N–H and O–H groups in total. The first-order valence-electron chi connectivity index (χ1n) is 8.95. The summed E-state index contributed by atoms with van der Waals surface area (Å²) < 4.78 is 0. The van der Waals surface area contributed by atoms with Crippen LogP contribution in [-0.2, 0) is 0 Å². The molecule has 2 aliphatic rings. The Balaban J connectivity index is 2.12. The van der Waals surface area contributed by atoms with Crippen molar-refractivity contribution >= 4 is 0 Å². The van der Waals surface area contributed by atoms with Crippen LogP contribution in [0.4, 0.5) is 0 Å². The Kier molecular flexibility index (Phi) is 5.53. The quantitative estimate of drug-likeness (QED) is 0.821. The highest BCUT2D eigenvalue weighted by Crippen LogP contribution is 2.40. The summed E-state index contributed by atoms with van der Waals surface area (Å²) in [7, 11) is 2.19. The van der Waals surface area contributed by atoms with Crippen LogP contribution in [0.2, 0.25) is 0 Å². The standard InChI is InChI=1S/C18H36N2/c1-6-18(4,20-11-7-8-12-20)17(19-5)16-10-9-14(2)15(3)13-16/h14-17,19H,6-13H2,1-5H3. The first-order valence-corrected chi connectivity index (χ1v) is 8.95. The maximum absolute atomic E-state index is 3.73. The fraction of sp³-hybridized carbons (Fsp3) is 1.00. The lowest BCUT2D eigenvalue weighted by Crippen LogP contribution is -2.61. The Morgan fingerprint density at radius 3 is 2.30 bits per heavy atom. The van der Waals surface area contributed by atoms with E-state index >= 15 is 0 Å². The zero-order chi connectivity index (χ0) is 14.8. The van der Waals surface area contributed by atoms with Gasteiger partial charge in [-0.05, 0) is 76.9 Å². The summed E-state index contributed by atoms with van der Waals surface area (Å²) in [6.07, 6.45) is 8.30. The molecule has 1 heterocycles. The lowest BCUT2D eigenvalue weighted by molar-refractivity contribution is 0.0373. The van der Waals surface area contributed by atoms with E-state index in [0.717, 1.165) is 17.8 Å². The Morgan fingerprint density at radius 2 is 1.80 bits per heavy atom. The number of hydrogen-bond donors (Lipinski definition) is 1. The largest absolute Gasteiger partial charge is 0.315 e. The minimum absolute atomic E-state index is 0.343. The molecular weight excluding hydrogens is 244 g/mol. The first kappa shape index (κ1) is 16.3. The Bertz CT molecular complexity index is 298. The number of hydrogen-bond acceptors (Lipinski definition) is 2. The van der Waals surface area contributed by atoms with Gasteiger partial charge < -0.3 is 5.32 Å². The predicted molar refractivity (Wildman–Crippen MR) is 88.0 cm³/mol. The van der Waals surface area contributed by atoms with Crippen LogP contribution < -0.4 is 5.32 Å². The van der Waals surface area contributed by atoms with Crippen LogP contribution in [0.15, 0.2) is 0 Å². The lowest BCUT2D eigenvalue weighted by Gasteiger charge is -2.49. The van der Waals surface area contributed by atoms with Gasteiger partial charge in [-0.3, -0.25) is 4.90 Å². The van der Waals surface area contributed by atoms with Gasteiger partial charge in [-0.15, -0.1) is 0 Å². The van der Waals surface area contributed by atoms with E-state index in [-0.39, 0.29) is 0 Å². The van der Waals surface area contributed by atoms with Crippen LogP contribution >= 0.6 is 0 Å². The van der Waals surface area contributed by atoms with Gasteiger partial charge in [-0.1, -0.05) is 27.2 Å². The van der Waals surface area contributed by atoms with Crippen LogP contribution in [0.25, 0.3) is 0 Å². The summed E-state index contributed by atoms with van der Waals surface area (Å²) >= 11 is 0. The maximum atomic E-state index is 3.73. The Morgan fingerprint density at radius 1 is 1.15 bits per heavy atom. The van der Waals surface area contributed by atoms with Gasteiger partial charge in [0.25, 0.3) is 0 Å². The van der Waals surface area contributed by atoms with Crippen LogP contribution in [0.3, 0.4) is 0 Å². The minimum Gasteiger partial charge on any atom is -0.315 e. The summed E-state index contributed by atoms with van der Waals surface area (Å²) in [5.74, 6) is 2.67. The summed E-state index contributed by atoms with van der Waals surface area (Å²) in [6, 6.07) is 0.653. The number of nitrogens with one attached hydrogen (secondary N) is 1. The molecule has 2 fully saturated rings. The highest BCUT2D eigenvalue weighted by Gasteiger charge is 2.43. The molecule has 0 radical (unpaired) electrons. The van der Waals surface area contributed by atoms with E-state index in [9.17, 15) is 0 Å². The molecule has 0 spiro atoms. The molecule has 1 saturated carbocycles. The van der Waals surface area contributed by atoms with E-state index in [1.54, 1.807) is 0 Å². The third-order valence-corrected chi connectivity index (χ3v) is 6.64. The molecule has 2 heteroatoms. The van der Waals surface area contributed by atoms with Gasteiger partial charge >= 0.3 is 0 Å². The number of likely N-dealkylation sites (N-methyl/N-ethyl adjacent to an activating group) is 1. The normalized spacial score (nSPS) is 36.8. The van der Waals surface area contributed by atoms with E-state index in [1.807, 2.05) is 0 Å². The average molecular weight is 280 g/mol. The average Bonchev–Trinajstić information content (AvgIpc) is 2.98. The minimum atomic E-state index is 0.343. The summed E-state index contributed by atoms with van der Waals surface area (Å²) in [5.41, 5.74) is 0.343. The van der Waals surface area contributed by atoms with Gasteiger partial charge in [-0.25, -0.2) is 0 Å². The zero-order valence-electron chi connectivity index (χ0n) is 14.4. The van der Waals surface area contributed by atoms with Crippen molar-refractivity contribution in [3.63, 3.8) is 0 Å². The van der Waals surface area contributed by atoms with E-state index in [1.165, 1.54) is 51.6 Å². The predicted octanol–water partition coefficient (Wildman–Crippen LogP) is 3.91. The fourth-order valence-electron chi connectivity index (χ4n) is 4.81. The highest BCUT2D eigenvalue weighted by atomic mass is 15.2. The molecule has 1 aliphatic carbocycles. The molecule has 0 aromatic carbocycles.